The fourth-order valence-electron chi connectivity index (χ4n) is 2.00. The normalized spacial score (nSPS) is 14.0. The minimum absolute atomic E-state index is 0.0440. The fourth-order valence-corrected chi connectivity index (χ4v) is 2.00. The Morgan fingerprint density at radius 2 is 1.83 bits per heavy atom. The van der Waals surface area contributed by atoms with E-state index in [0.29, 0.717) is 37.6 Å². The van der Waals surface area contributed by atoms with Crippen molar-refractivity contribution in [2.45, 2.75) is 46.5 Å². The largest absolute Gasteiger partial charge is 0.384 e. The van der Waals surface area contributed by atoms with E-state index in [1.165, 1.54) is 0 Å². The van der Waals surface area contributed by atoms with Crippen LogP contribution in [0.3, 0.4) is 0 Å². The average molecular weight is 257 g/mol. The van der Waals surface area contributed by atoms with E-state index in [1.807, 2.05) is 0 Å². The summed E-state index contributed by atoms with van der Waals surface area (Å²) in [6, 6.07) is 0. The standard InChI is InChI=1S/C14H27NO3/c1-11(8-12(2)10-18-4)9-15-14(17)7-5-6-13(3)16/h11-12H,5-10H2,1-4H3,(H,15,17). The third-order valence-corrected chi connectivity index (χ3v) is 2.84. The molecule has 18 heavy (non-hydrogen) atoms. The molecular formula is C14H27NO3. The highest BCUT2D eigenvalue weighted by Gasteiger charge is 2.10. The highest BCUT2D eigenvalue weighted by molar-refractivity contribution is 5.78. The zero-order valence-electron chi connectivity index (χ0n) is 12.1. The molecule has 0 heterocycles. The predicted octanol–water partition coefficient (Wildman–Crippen LogP) is 2.17. The molecular weight excluding hydrogens is 230 g/mol. The second-order valence-electron chi connectivity index (χ2n) is 5.26. The molecule has 0 bridgehead atoms. The lowest BCUT2D eigenvalue weighted by Gasteiger charge is -2.17. The second kappa shape index (κ2) is 10.1. The Morgan fingerprint density at radius 3 is 2.39 bits per heavy atom. The van der Waals surface area contributed by atoms with Crippen LogP contribution in [0, 0.1) is 11.8 Å². The van der Waals surface area contributed by atoms with Gasteiger partial charge in [-0.3, -0.25) is 4.79 Å². The zero-order valence-corrected chi connectivity index (χ0v) is 12.1. The zero-order chi connectivity index (χ0) is 14.0. The van der Waals surface area contributed by atoms with Crippen LogP contribution in [0.2, 0.25) is 0 Å². The van der Waals surface area contributed by atoms with E-state index in [-0.39, 0.29) is 11.7 Å². The number of Topliss-reactive ketones (excluding diaryl/α,β-unsaturated/α-hetero) is 1. The van der Waals surface area contributed by atoms with Crippen molar-refractivity contribution in [2.75, 3.05) is 20.3 Å². The van der Waals surface area contributed by atoms with Crippen LogP contribution in [0.25, 0.3) is 0 Å². The van der Waals surface area contributed by atoms with Crippen molar-refractivity contribution in [2.24, 2.45) is 11.8 Å². The number of ether oxygens (including phenoxy) is 1. The van der Waals surface area contributed by atoms with Crippen LogP contribution in [0.15, 0.2) is 0 Å². The Labute approximate surface area is 110 Å². The van der Waals surface area contributed by atoms with Crippen LogP contribution in [-0.2, 0) is 14.3 Å². The first-order valence-electron chi connectivity index (χ1n) is 6.70. The maximum atomic E-state index is 11.5. The molecule has 1 amide bonds. The van der Waals surface area contributed by atoms with Crippen molar-refractivity contribution in [1.29, 1.82) is 0 Å². The van der Waals surface area contributed by atoms with Crippen LogP contribution in [0.1, 0.15) is 46.5 Å². The summed E-state index contributed by atoms with van der Waals surface area (Å²) in [5.41, 5.74) is 0. The van der Waals surface area contributed by atoms with Crippen molar-refractivity contribution in [3.63, 3.8) is 0 Å². The summed E-state index contributed by atoms with van der Waals surface area (Å²) in [5.74, 6) is 1.15. The maximum absolute atomic E-state index is 11.5. The molecule has 0 aliphatic heterocycles. The predicted molar refractivity (Wildman–Crippen MR) is 72.4 cm³/mol. The van der Waals surface area contributed by atoms with Crippen LogP contribution >= 0.6 is 0 Å². The monoisotopic (exact) mass is 257 g/mol. The molecule has 0 spiro atoms. The van der Waals surface area contributed by atoms with E-state index in [0.717, 1.165) is 13.0 Å². The van der Waals surface area contributed by atoms with Gasteiger partial charge in [-0.25, -0.2) is 0 Å². The highest BCUT2D eigenvalue weighted by Crippen LogP contribution is 2.11. The van der Waals surface area contributed by atoms with E-state index in [1.54, 1.807) is 14.0 Å². The number of amides is 1. The molecule has 106 valence electrons. The van der Waals surface area contributed by atoms with Gasteiger partial charge in [0.15, 0.2) is 0 Å². The topological polar surface area (TPSA) is 55.4 Å². The molecule has 1 N–H and O–H groups in total. The Kier molecular flexibility index (Phi) is 9.56. The van der Waals surface area contributed by atoms with Gasteiger partial charge in [0.1, 0.15) is 5.78 Å². The summed E-state index contributed by atoms with van der Waals surface area (Å²) >= 11 is 0. The van der Waals surface area contributed by atoms with Gasteiger partial charge in [-0.1, -0.05) is 13.8 Å². The summed E-state index contributed by atoms with van der Waals surface area (Å²) in [4.78, 5) is 22.2. The number of hydrogen-bond acceptors (Lipinski definition) is 3. The first-order chi connectivity index (χ1) is 8.45. The average Bonchev–Trinajstić information content (AvgIpc) is 2.26. The summed E-state index contributed by atoms with van der Waals surface area (Å²) in [7, 11) is 1.71. The molecule has 0 fully saturated rings. The van der Waals surface area contributed by atoms with Crippen molar-refractivity contribution < 1.29 is 14.3 Å². The number of ketones is 1. The van der Waals surface area contributed by atoms with Gasteiger partial charge < -0.3 is 14.8 Å². The van der Waals surface area contributed by atoms with Gasteiger partial charge in [0.05, 0.1) is 0 Å². The van der Waals surface area contributed by atoms with E-state index >= 15 is 0 Å². The quantitative estimate of drug-likeness (QED) is 0.652. The van der Waals surface area contributed by atoms with E-state index in [9.17, 15) is 9.59 Å². The lowest BCUT2D eigenvalue weighted by atomic mass is 9.98. The van der Waals surface area contributed by atoms with Gasteiger partial charge in [0.25, 0.3) is 0 Å². The molecule has 0 saturated heterocycles. The van der Waals surface area contributed by atoms with Gasteiger partial charge in [-0.2, -0.15) is 0 Å². The minimum Gasteiger partial charge on any atom is -0.384 e. The summed E-state index contributed by atoms with van der Waals surface area (Å²) < 4.78 is 5.09. The van der Waals surface area contributed by atoms with E-state index in [2.05, 4.69) is 19.2 Å². The molecule has 2 unspecified atom stereocenters. The van der Waals surface area contributed by atoms with E-state index < -0.39 is 0 Å². The van der Waals surface area contributed by atoms with Gasteiger partial charge in [0.2, 0.25) is 5.91 Å². The summed E-state index contributed by atoms with van der Waals surface area (Å²) in [5, 5.41) is 2.91. The Hall–Kier alpha value is -0.900. The third kappa shape index (κ3) is 10.3. The Bertz CT molecular complexity index is 253. The van der Waals surface area contributed by atoms with Gasteiger partial charge in [-0.05, 0) is 31.6 Å². The van der Waals surface area contributed by atoms with Crippen molar-refractivity contribution in [3.8, 4) is 0 Å². The van der Waals surface area contributed by atoms with Crippen molar-refractivity contribution in [1.82, 2.24) is 5.32 Å². The molecule has 4 nitrogen and oxygen atoms in total. The minimum atomic E-state index is 0.0440. The number of carbonyl (C=O) groups is 2. The first-order valence-corrected chi connectivity index (χ1v) is 6.70. The smallest absolute Gasteiger partial charge is 0.220 e. The number of rotatable bonds is 10. The number of nitrogens with one attached hydrogen (secondary N) is 1. The van der Waals surface area contributed by atoms with Gasteiger partial charge in [0, 0.05) is 33.1 Å². The van der Waals surface area contributed by atoms with Crippen molar-refractivity contribution in [3.05, 3.63) is 0 Å². The second-order valence-corrected chi connectivity index (χ2v) is 5.26. The highest BCUT2D eigenvalue weighted by atomic mass is 16.5. The van der Waals surface area contributed by atoms with E-state index in [4.69, 9.17) is 4.74 Å². The molecule has 0 aromatic rings. The maximum Gasteiger partial charge on any atom is 0.220 e. The Balaban J connectivity index is 3.61. The lowest BCUT2D eigenvalue weighted by Crippen LogP contribution is -2.29. The summed E-state index contributed by atoms with van der Waals surface area (Å²) in [6.45, 7) is 7.29. The SMILES string of the molecule is COCC(C)CC(C)CNC(=O)CCCC(C)=O. The molecule has 4 heteroatoms. The van der Waals surface area contributed by atoms with Crippen LogP contribution in [-0.4, -0.2) is 32.0 Å². The summed E-state index contributed by atoms with van der Waals surface area (Å²) in [6.07, 6.45) is 2.63. The van der Waals surface area contributed by atoms with Crippen molar-refractivity contribution >= 4 is 11.7 Å². The molecule has 0 saturated carbocycles. The molecule has 0 aliphatic carbocycles. The third-order valence-electron chi connectivity index (χ3n) is 2.84. The molecule has 0 aromatic heterocycles. The number of carbonyl (C=O) groups excluding carboxylic acids is 2. The molecule has 0 aliphatic rings. The fraction of sp³-hybridized carbons (Fsp3) is 0.857. The number of methoxy groups -OCH3 is 1. The molecule has 0 rings (SSSR count). The number of hydrogen-bond donors (Lipinski definition) is 1. The van der Waals surface area contributed by atoms with Gasteiger partial charge >= 0.3 is 0 Å². The van der Waals surface area contributed by atoms with Crippen LogP contribution in [0.5, 0.6) is 0 Å². The molecule has 0 aromatic carbocycles. The van der Waals surface area contributed by atoms with Crippen LogP contribution in [0.4, 0.5) is 0 Å². The lowest BCUT2D eigenvalue weighted by molar-refractivity contribution is -0.121. The van der Waals surface area contributed by atoms with Gasteiger partial charge in [-0.15, -0.1) is 0 Å². The first kappa shape index (κ1) is 17.1. The molecule has 0 radical (unpaired) electrons. The Morgan fingerprint density at radius 1 is 1.17 bits per heavy atom. The molecule has 2 atom stereocenters. The van der Waals surface area contributed by atoms with Crippen LogP contribution < -0.4 is 5.32 Å².